The highest BCUT2D eigenvalue weighted by atomic mass is 16.7. The van der Waals surface area contributed by atoms with Gasteiger partial charge in [-0.2, -0.15) is 0 Å². The second kappa shape index (κ2) is 7.34. The van der Waals surface area contributed by atoms with Crippen LogP contribution in [-0.4, -0.2) is 80.3 Å². The number of nitrogens with two attached hydrogens (primary N) is 1. The van der Waals surface area contributed by atoms with Gasteiger partial charge in [-0.3, -0.25) is 0 Å². The van der Waals surface area contributed by atoms with Crippen molar-refractivity contribution in [2.45, 2.75) is 49.6 Å². The van der Waals surface area contributed by atoms with Gasteiger partial charge >= 0.3 is 17.7 Å². The Morgan fingerprint density at radius 2 is 2.04 bits per heavy atom. The van der Waals surface area contributed by atoms with Crippen molar-refractivity contribution in [3.05, 3.63) is 12.2 Å². The number of aliphatic hydroxyl groups is 4. The summed E-state index contributed by atoms with van der Waals surface area (Å²) < 4.78 is 9.92. The third-order valence-corrected chi connectivity index (χ3v) is 3.48. The highest BCUT2D eigenvalue weighted by molar-refractivity contribution is 5.90. The zero-order valence-electron chi connectivity index (χ0n) is 12.5. The van der Waals surface area contributed by atoms with Crippen LogP contribution in [-0.2, 0) is 19.1 Å². The van der Waals surface area contributed by atoms with Gasteiger partial charge in [0.1, 0.15) is 18.3 Å². The van der Waals surface area contributed by atoms with E-state index in [9.17, 15) is 30.0 Å². The van der Waals surface area contributed by atoms with Gasteiger partial charge in [-0.05, 0) is 6.92 Å². The highest BCUT2D eigenvalue weighted by Crippen LogP contribution is 2.33. The lowest BCUT2D eigenvalue weighted by molar-refractivity contribution is -0.297. The molecule has 0 aromatic carbocycles. The van der Waals surface area contributed by atoms with Gasteiger partial charge in [0.25, 0.3) is 0 Å². The van der Waals surface area contributed by atoms with E-state index in [4.69, 9.17) is 20.3 Å². The lowest BCUT2D eigenvalue weighted by Gasteiger charge is -2.44. The van der Waals surface area contributed by atoms with Crippen LogP contribution in [0.1, 0.15) is 13.3 Å². The number of aliphatic hydroxyl groups excluding tert-OH is 4. The zero-order valence-corrected chi connectivity index (χ0v) is 12.5. The fourth-order valence-corrected chi connectivity index (χ4v) is 2.09. The standard InChI is InChI=1S/C13H21NO9/c1-5(2)11(19)23-13(12(20)21)3-6(16)8(14)10(22-13)9(18)7(17)4-15/h6-10,15-18H,1,3-4,14H2,2H3,(H,20,21)/t6-,7+,8+,9+,10+,13+/m0/s1. The Morgan fingerprint density at radius 3 is 2.48 bits per heavy atom. The molecule has 1 aliphatic heterocycles. The van der Waals surface area contributed by atoms with Crippen molar-refractivity contribution in [3.8, 4) is 0 Å². The van der Waals surface area contributed by atoms with Crippen LogP contribution in [0.5, 0.6) is 0 Å². The van der Waals surface area contributed by atoms with Crippen molar-refractivity contribution >= 4 is 11.9 Å². The maximum Gasteiger partial charge on any atom is 0.377 e. The Morgan fingerprint density at radius 1 is 1.48 bits per heavy atom. The molecule has 1 aliphatic rings. The number of carboxylic acid groups (broad SMARTS) is 1. The highest BCUT2D eigenvalue weighted by Gasteiger charge is 2.56. The fraction of sp³-hybridized carbons (Fsp3) is 0.692. The van der Waals surface area contributed by atoms with Crippen LogP contribution in [0.15, 0.2) is 12.2 Å². The normalized spacial score (nSPS) is 33.6. The van der Waals surface area contributed by atoms with Crippen LogP contribution in [0, 0.1) is 0 Å². The molecule has 1 rings (SSSR count). The van der Waals surface area contributed by atoms with Gasteiger partial charge in [0, 0.05) is 5.57 Å². The van der Waals surface area contributed by atoms with E-state index in [2.05, 4.69) is 6.58 Å². The summed E-state index contributed by atoms with van der Waals surface area (Å²) in [5.74, 6) is -5.41. The smallest absolute Gasteiger partial charge is 0.377 e. The molecule has 0 saturated carbocycles. The van der Waals surface area contributed by atoms with E-state index in [0.717, 1.165) is 0 Å². The van der Waals surface area contributed by atoms with Gasteiger partial charge in [-0.1, -0.05) is 6.58 Å². The third kappa shape index (κ3) is 4.05. The Kier molecular flexibility index (Phi) is 6.22. The van der Waals surface area contributed by atoms with Crippen LogP contribution in [0.2, 0.25) is 0 Å². The number of carbonyl (C=O) groups is 2. The van der Waals surface area contributed by atoms with Crippen molar-refractivity contribution in [1.82, 2.24) is 0 Å². The number of hydrogen-bond acceptors (Lipinski definition) is 9. The van der Waals surface area contributed by atoms with E-state index in [1.165, 1.54) is 6.92 Å². The summed E-state index contributed by atoms with van der Waals surface area (Å²) in [4.78, 5) is 23.2. The molecule has 0 aromatic rings. The summed E-state index contributed by atoms with van der Waals surface area (Å²) in [5.41, 5.74) is 5.54. The van der Waals surface area contributed by atoms with Crippen LogP contribution in [0.3, 0.4) is 0 Å². The zero-order chi connectivity index (χ0) is 17.9. The van der Waals surface area contributed by atoms with Crippen LogP contribution in [0.25, 0.3) is 0 Å². The molecule has 23 heavy (non-hydrogen) atoms. The molecular weight excluding hydrogens is 314 g/mol. The van der Waals surface area contributed by atoms with E-state index >= 15 is 0 Å². The Hall–Kier alpha value is -1.56. The summed E-state index contributed by atoms with van der Waals surface area (Å²) in [5, 5.41) is 47.5. The molecule has 7 N–H and O–H groups in total. The minimum atomic E-state index is -2.61. The summed E-state index contributed by atoms with van der Waals surface area (Å²) in [6.07, 6.45) is -7.30. The Balaban J connectivity index is 3.14. The number of esters is 1. The quantitative estimate of drug-likeness (QED) is 0.217. The lowest BCUT2D eigenvalue weighted by Crippen LogP contribution is -2.66. The summed E-state index contributed by atoms with van der Waals surface area (Å²) >= 11 is 0. The van der Waals surface area contributed by atoms with Crippen molar-refractivity contribution in [2.24, 2.45) is 5.73 Å². The predicted molar refractivity (Wildman–Crippen MR) is 73.8 cm³/mol. The first kappa shape index (κ1) is 19.5. The van der Waals surface area contributed by atoms with E-state index < -0.39 is 61.2 Å². The van der Waals surface area contributed by atoms with Gasteiger partial charge < -0.3 is 40.7 Å². The minimum Gasteiger partial charge on any atom is -0.476 e. The molecule has 0 bridgehead atoms. The molecule has 0 amide bonds. The van der Waals surface area contributed by atoms with Gasteiger partial charge in [0.15, 0.2) is 0 Å². The van der Waals surface area contributed by atoms with Gasteiger partial charge in [-0.25, -0.2) is 9.59 Å². The number of ether oxygens (including phenoxy) is 2. The van der Waals surface area contributed by atoms with Gasteiger partial charge in [-0.15, -0.1) is 0 Å². The predicted octanol–water partition coefficient (Wildman–Crippen LogP) is -2.92. The van der Waals surface area contributed by atoms with E-state index in [-0.39, 0.29) is 5.57 Å². The monoisotopic (exact) mass is 335 g/mol. The average molecular weight is 335 g/mol. The molecule has 0 radical (unpaired) electrons. The molecule has 10 nitrogen and oxygen atoms in total. The molecule has 6 atom stereocenters. The lowest BCUT2D eigenvalue weighted by atomic mass is 9.89. The van der Waals surface area contributed by atoms with Crippen molar-refractivity contribution < 1.29 is 44.6 Å². The van der Waals surface area contributed by atoms with E-state index in [0.29, 0.717) is 0 Å². The molecular formula is C13H21NO9. The summed E-state index contributed by atoms with van der Waals surface area (Å²) in [6, 6.07) is -1.28. The number of aliphatic carboxylic acids is 1. The number of hydrogen-bond donors (Lipinski definition) is 6. The number of carbonyl (C=O) groups excluding carboxylic acids is 1. The number of rotatable bonds is 6. The van der Waals surface area contributed by atoms with E-state index in [1.54, 1.807) is 0 Å². The molecule has 0 spiro atoms. The van der Waals surface area contributed by atoms with Crippen LogP contribution in [0.4, 0.5) is 0 Å². The SMILES string of the molecule is C=C(C)C(=O)O[C@@]1(C(=O)O)C[C@H](O)[C@@H](N)[C@H]([C@H](O)[C@H](O)CO)O1. The topological polar surface area (TPSA) is 180 Å². The maximum atomic E-state index is 11.6. The first-order valence-corrected chi connectivity index (χ1v) is 6.76. The molecule has 1 saturated heterocycles. The first-order chi connectivity index (χ1) is 10.6. The Labute approximate surface area is 131 Å². The van der Waals surface area contributed by atoms with Gasteiger partial charge in [0.2, 0.25) is 0 Å². The second-order valence-corrected chi connectivity index (χ2v) is 5.40. The van der Waals surface area contributed by atoms with E-state index in [1.807, 2.05) is 0 Å². The fourth-order valence-electron chi connectivity index (χ4n) is 2.09. The van der Waals surface area contributed by atoms with Crippen LogP contribution < -0.4 is 5.73 Å². The first-order valence-electron chi connectivity index (χ1n) is 6.76. The van der Waals surface area contributed by atoms with Crippen LogP contribution >= 0.6 is 0 Å². The molecule has 10 heteroatoms. The minimum absolute atomic E-state index is 0.105. The molecule has 0 unspecified atom stereocenters. The average Bonchev–Trinajstić information content (AvgIpc) is 2.48. The molecule has 1 fully saturated rings. The molecule has 1 heterocycles. The van der Waals surface area contributed by atoms with Gasteiger partial charge in [0.05, 0.1) is 25.2 Å². The second-order valence-electron chi connectivity index (χ2n) is 5.40. The molecule has 0 aromatic heterocycles. The Bertz CT molecular complexity index is 482. The molecule has 0 aliphatic carbocycles. The summed E-state index contributed by atoms with van der Waals surface area (Å²) in [7, 11) is 0. The number of carboxylic acids is 1. The maximum absolute atomic E-state index is 11.6. The third-order valence-electron chi connectivity index (χ3n) is 3.48. The molecule has 132 valence electrons. The van der Waals surface area contributed by atoms with Crippen molar-refractivity contribution in [3.63, 3.8) is 0 Å². The van der Waals surface area contributed by atoms with Crippen molar-refractivity contribution in [1.29, 1.82) is 0 Å². The largest absolute Gasteiger partial charge is 0.476 e. The summed E-state index contributed by atoms with van der Waals surface area (Å²) in [6.45, 7) is 3.74. The van der Waals surface area contributed by atoms with Crippen molar-refractivity contribution in [2.75, 3.05) is 6.61 Å².